The van der Waals surface area contributed by atoms with Crippen LogP contribution in [0.25, 0.3) is 0 Å². The maximum absolute atomic E-state index is 13.3. The maximum Gasteiger partial charge on any atom is 0.242 e. The van der Waals surface area contributed by atoms with Crippen molar-refractivity contribution in [2.75, 3.05) is 44.7 Å². The molecule has 2 fully saturated rings. The average molecular weight is 467 g/mol. The van der Waals surface area contributed by atoms with Crippen LogP contribution in [0.3, 0.4) is 0 Å². The van der Waals surface area contributed by atoms with Crippen molar-refractivity contribution in [3.05, 3.63) is 53.6 Å². The standard InChI is InChI=1S/C26H34N4O4/c1-18-5-3-4-6-22(18)29-13-14-30(23(17-29)26(27)32)25(31)15-19-7-8-21(16-24(19)33-2)34-20-9-11-28-12-10-20/h3-8,16,20,23,28H,9-15,17H2,1-2H3,(H2,27,32). The molecule has 2 amide bonds. The molecule has 2 saturated heterocycles. The number of amides is 2. The first-order valence-corrected chi connectivity index (χ1v) is 11.9. The first-order valence-electron chi connectivity index (χ1n) is 11.9. The molecule has 0 bridgehead atoms. The molecule has 0 spiro atoms. The van der Waals surface area contributed by atoms with Crippen LogP contribution in [0, 0.1) is 6.92 Å². The highest BCUT2D eigenvalue weighted by molar-refractivity contribution is 5.89. The highest BCUT2D eigenvalue weighted by Crippen LogP contribution is 2.28. The molecule has 8 nitrogen and oxygen atoms in total. The van der Waals surface area contributed by atoms with Crippen molar-refractivity contribution in [2.45, 2.75) is 38.3 Å². The fourth-order valence-electron chi connectivity index (χ4n) is 4.78. The number of ether oxygens (including phenoxy) is 2. The summed E-state index contributed by atoms with van der Waals surface area (Å²) < 4.78 is 11.7. The first kappa shape index (κ1) is 23.9. The Hall–Kier alpha value is -3.26. The van der Waals surface area contributed by atoms with Gasteiger partial charge in [0.1, 0.15) is 23.6 Å². The minimum absolute atomic E-state index is 0.130. The largest absolute Gasteiger partial charge is 0.496 e. The Morgan fingerprint density at radius 1 is 1.12 bits per heavy atom. The Morgan fingerprint density at radius 2 is 1.88 bits per heavy atom. The van der Waals surface area contributed by atoms with Gasteiger partial charge in [-0.15, -0.1) is 0 Å². The molecule has 1 unspecified atom stereocenters. The lowest BCUT2D eigenvalue weighted by molar-refractivity contribution is -0.139. The third-order valence-corrected chi connectivity index (χ3v) is 6.67. The number of carbonyl (C=O) groups is 2. The van der Waals surface area contributed by atoms with Gasteiger partial charge in [-0.2, -0.15) is 0 Å². The number of para-hydroxylation sites is 1. The van der Waals surface area contributed by atoms with E-state index in [9.17, 15) is 9.59 Å². The number of hydrogen-bond donors (Lipinski definition) is 2. The number of piperidine rings is 1. The molecule has 182 valence electrons. The molecule has 8 heteroatoms. The Morgan fingerprint density at radius 3 is 2.59 bits per heavy atom. The second-order valence-electron chi connectivity index (χ2n) is 8.96. The van der Waals surface area contributed by atoms with Crippen LogP contribution < -0.4 is 25.4 Å². The topological polar surface area (TPSA) is 97.1 Å². The van der Waals surface area contributed by atoms with Crippen molar-refractivity contribution in [1.82, 2.24) is 10.2 Å². The molecule has 3 N–H and O–H groups in total. The third-order valence-electron chi connectivity index (χ3n) is 6.67. The SMILES string of the molecule is COc1cc(OC2CCNCC2)ccc1CC(=O)N1CCN(c2ccccc2C)CC1C(N)=O. The quantitative estimate of drug-likeness (QED) is 0.647. The molecule has 2 aliphatic heterocycles. The smallest absolute Gasteiger partial charge is 0.242 e. The van der Waals surface area contributed by atoms with E-state index in [0.717, 1.165) is 48.5 Å². The summed E-state index contributed by atoms with van der Waals surface area (Å²) in [5.74, 6) is 0.707. The van der Waals surface area contributed by atoms with E-state index in [-0.39, 0.29) is 18.4 Å². The van der Waals surface area contributed by atoms with Gasteiger partial charge >= 0.3 is 0 Å². The Bertz CT molecular complexity index is 1020. The molecule has 2 aromatic rings. The van der Waals surface area contributed by atoms with E-state index in [1.54, 1.807) is 12.0 Å². The summed E-state index contributed by atoms with van der Waals surface area (Å²) in [6.45, 7) is 5.39. The molecule has 2 heterocycles. The van der Waals surface area contributed by atoms with Gasteiger partial charge < -0.3 is 30.3 Å². The number of rotatable bonds is 7. The van der Waals surface area contributed by atoms with Crippen LogP contribution in [0.4, 0.5) is 5.69 Å². The van der Waals surface area contributed by atoms with E-state index in [4.69, 9.17) is 15.2 Å². The number of primary amides is 1. The first-order chi connectivity index (χ1) is 16.5. The monoisotopic (exact) mass is 466 g/mol. The van der Waals surface area contributed by atoms with Gasteiger partial charge in [0.15, 0.2) is 0 Å². The molecule has 2 aliphatic rings. The fourth-order valence-corrected chi connectivity index (χ4v) is 4.78. The zero-order chi connectivity index (χ0) is 24.1. The number of aryl methyl sites for hydroxylation is 1. The second-order valence-corrected chi connectivity index (χ2v) is 8.96. The van der Waals surface area contributed by atoms with Gasteiger partial charge in [-0.3, -0.25) is 9.59 Å². The number of piperazine rings is 1. The molecule has 0 aliphatic carbocycles. The minimum atomic E-state index is -0.686. The van der Waals surface area contributed by atoms with E-state index in [2.05, 4.69) is 10.2 Å². The van der Waals surface area contributed by atoms with Gasteiger partial charge in [0, 0.05) is 37.0 Å². The minimum Gasteiger partial charge on any atom is -0.496 e. The molecule has 4 rings (SSSR count). The zero-order valence-electron chi connectivity index (χ0n) is 20.0. The highest BCUT2D eigenvalue weighted by Gasteiger charge is 2.34. The zero-order valence-corrected chi connectivity index (χ0v) is 20.0. The average Bonchev–Trinajstić information content (AvgIpc) is 2.85. The summed E-state index contributed by atoms with van der Waals surface area (Å²) in [5.41, 5.74) is 8.67. The number of carbonyl (C=O) groups excluding carboxylic acids is 2. The maximum atomic E-state index is 13.3. The van der Waals surface area contributed by atoms with Crippen molar-refractivity contribution < 1.29 is 19.1 Å². The molecule has 0 aromatic heterocycles. The number of nitrogens with one attached hydrogen (secondary N) is 1. The summed E-state index contributed by atoms with van der Waals surface area (Å²) in [6, 6.07) is 12.9. The Kier molecular flexibility index (Phi) is 7.57. The molecular weight excluding hydrogens is 432 g/mol. The van der Waals surface area contributed by atoms with Crippen LogP contribution in [-0.2, 0) is 16.0 Å². The molecule has 0 radical (unpaired) electrons. The van der Waals surface area contributed by atoms with Gasteiger partial charge in [-0.1, -0.05) is 24.3 Å². The number of anilines is 1. The summed E-state index contributed by atoms with van der Waals surface area (Å²) >= 11 is 0. The molecule has 34 heavy (non-hydrogen) atoms. The van der Waals surface area contributed by atoms with Crippen molar-refractivity contribution in [2.24, 2.45) is 5.73 Å². The van der Waals surface area contributed by atoms with Gasteiger partial charge in [0.05, 0.1) is 13.5 Å². The van der Waals surface area contributed by atoms with Crippen LogP contribution in [0.5, 0.6) is 11.5 Å². The van der Waals surface area contributed by atoms with E-state index < -0.39 is 11.9 Å². The van der Waals surface area contributed by atoms with Gasteiger partial charge in [0.2, 0.25) is 11.8 Å². The van der Waals surface area contributed by atoms with E-state index in [0.29, 0.717) is 25.4 Å². The highest BCUT2D eigenvalue weighted by atomic mass is 16.5. The fraction of sp³-hybridized carbons (Fsp3) is 0.462. The lowest BCUT2D eigenvalue weighted by atomic mass is 10.0. The van der Waals surface area contributed by atoms with Crippen LogP contribution in [-0.4, -0.2) is 68.7 Å². The summed E-state index contributed by atoms with van der Waals surface area (Å²) in [7, 11) is 1.59. The summed E-state index contributed by atoms with van der Waals surface area (Å²) in [5, 5.41) is 3.33. The Labute approximate surface area is 201 Å². The predicted molar refractivity (Wildman–Crippen MR) is 131 cm³/mol. The van der Waals surface area contributed by atoms with E-state index in [1.807, 2.05) is 49.4 Å². The summed E-state index contributed by atoms with van der Waals surface area (Å²) in [4.78, 5) is 29.3. The summed E-state index contributed by atoms with van der Waals surface area (Å²) in [6.07, 6.45) is 2.24. The van der Waals surface area contributed by atoms with Crippen LogP contribution in [0.2, 0.25) is 0 Å². The molecular formula is C26H34N4O4. The van der Waals surface area contributed by atoms with Gasteiger partial charge in [0.25, 0.3) is 0 Å². The molecule has 2 aromatic carbocycles. The number of benzene rings is 2. The lowest BCUT2D eigenvalue weighted by Crippen LogP contribution is -2.60. The molecule has 0 saturated carbocycles. The van der Waals surface area contributed by atoms with E-state index in [1.165, 1.54) is 0 Å². The predicted octanol–water partition coefficient (Wildman–Crippen LogP) is 1.88. The number of hydrogen-bond acceptors (Lipinski definition) is 6. The number of nitrogens with zero attached hydrogens (tertiary/aromatic N) is 2. The van der Waals surface area contributed by atoms with Gasteiger partial charge in [-0.25, -0.2) is 0 Å². The lowest BCUT2D eigenvalue weighted by Gasteiger charge is -2.41. The number of nitrogens with two attached hydrogens (primary N) is 1. The van der Waals surface area contributed by atoms with Crippen LogP contribution >= 0.6 is 0 Å². The van der Waals surface area contributed by atoms with Crippen molar-refractivity contribution in [3.63, 3.8) is 0 Å². The third kappa shape index (κ3) is 5.44. The normalized spacial score (nSPS) is 19.1. The number of methoxy groups -OCH3 is 1. The van der Waals surface area contributed by atoms with Crippen molar-refractivity contribution in [3.8, 4) is 11.5 Å². The van der Waals surface area contributed by atoms with E-state index >= 15 is 0 Å². The van der Waals surface area contributed by atoms with Gasteiger partial charge in [-0.05, 0) is 50.6 Å². The second kappa shape index (κ2) is 10.8. The van der Waals surface area contributed by atoms with Crippen LogP contribution in [0.1, 0.15) is 24.0 Å². The molecule has 1 atom stereocenters. The van der Waals surface area contributed by atoms with Crippen molar-refractivity contribution >= 4 is 17.5 Å². The Balaban J connectivity index is 1.44. The van der Waals surface area contributed by atoms with Crippen molar-refractivity contribution in [1.29, 1.82) is 0 Å². The van der Waals surface area contributed by atoms with Crippen LogP contribution in [0.15, 0.2) is 42.5 Å².